The number of alkyl halides is 3. The Morgan fingerprint density at radius 3 is 2.72 bits per heavy atom. The van der Waals surface area contributed by atoms with E-state index in [1.807, 2.05) is 0 Å². The molecule has 1 heterocycles. The first-order chi connectivity index (χ1) is 8.29. The first-order valence-corrected chi connectivity index (χ1v) is 5.20. The Kier molecular flexibility index (Phi) is 5.05. The molecule has 3 N–H and O–H groups in total. The average molecular weight is 269 g/mol. The van der Waals surface area contributed by atoms with Crippen LogP contribution in [-0.4, -0.2) is 40.7 Å². The molecule has 0 aliphatic carbocycles. The maximum absolute atomic E-state index is 11.8. The molecule has 0 amide bonds. The molecule has 1 rings (SSSR count). The number of nitrogens with zero attached hydrogens (tertiary/aromatic N) is 2. The van der Waals surface area contributed by atoms with Gasteiger partial charge in [0.1, 0.15) is 12.6 Å². The van der Waals surface area contributed by atoms with Crippen LogP contribution in [0.25, 0.3) is 0 Å². The summed E-state index contributed by atoms with van der Waals surface area (Å²) in [5.74, 6) is 0.221. The van der Waals surface area contributed by atoms with Gasteiger partial charge in [0, 0.05) is 6.42 Å². The minimum atomic E-state index is -4.35. The van der Waals surface area contributed by atoms with E-state index >= 15 is 0 Å². The highest BCUT2D eigenvalue weighted by Gasteiger charge is 2.27. The minimum Gasteiger partial charge on any atom is -0.391 e. The zero-order valence-electron chi connectivity index (χ0n) is 9.65. The number of aliphatic hydroxyl groups is 1. The second kappa shape index (κ2) is 6.12. The van der Waals surface area contributed by atoms with E-state index in [9.17, 15) is 18.3 Å². The monoisotopic (exact) mass is 269 g/mol. The van der Waals surface area contributed by atoms with Crippen LogP contribution in [0, 0.1) is 0 Å². The second-order valence-electron chi connectivity index (χ2n) is 3.73. The van der Waals surface area contributed by atoms with Crippen LogP contribution in [0.3, 0.4) is 0 Å². The molecular weight excluding hydrogens is 255 g/mol. The second-order valence-corrected chi connectivity index (χ2v) is 3.73. The SMILES string of the molecule is CC(O)C(N)c1nc(CCOCC(F)(F)F)no1. The smallest absolute Gasteiger partial charge is 0.391 e. The van der Waals surface area contributed by atoms with Gasteiger partial charge in [-0.1, -0.05) is 5.16 Å². The Morgan fingerprint density at radius 2 is 2.17 bits per heavy atom. The molecule has 2 unspecified atom stereocenters. The molecule has 9 heteroatoms. The van der Waals surface area contributed by atoms with Crippen molar-refractivity contribution in [1.82, 2.24) is 10.1 Å². The Morgan fingerprint density at radius 1 is 1.50 bits per heavy atom. The predicted molar refractivity (Wildman–Crippen MR) is 53.5 cm³/mol. The first-order valence-electron chi connectivity index (χ1n) is 5.20. The molecule has 18 heavy (non-hydrogen) atoms. The molecule has 2 atom stereocenters. The zero-order valence-corrected chi connectivity index (χ0v) is 9.65. The van der Waals surface area contributed by atoms with Crippen molar-refractivity contribution in [3.8, 4) is 0 Å². The van der Waals surface area contributed by atoms with Crippen LogP contribution in [0.1, 0.15) is 24.7 Å². The van der Waals surface area contributed by atoms with Crippen LogP contribution >= 0.6 is 0 Å². The van der Waals surface area contributed by atoms with Crippen molar-refractivity contribution >= 4 is 0 Å². The molecule has 0 saturated carbocycles. The number of nitrogens with two attached hydrogens (primary N) is 1. The highest BCUT2D eigenvalue weighted by molar-refractivity contribution is 4.93. The molecular formula is C9H14F3N3O3. The summed E-state index contributed by atoms with van der Waals surface area (Å²) in [6, 6.07) is -0.817. The van der Waals surface area contributed by atoms with Gasteiger partial charge in [-0.05, 0) is 6.92 Å². The third kappa shape index (κ3) is 4.98. The summed E-state index contributed by atoms with van der Waals surface area (Å²) >= 11 is 0. The van der Waals surface area contributed by atoms with Gasteiger partial charge < -0.3 is 20.1 Å². The average Bonchev–Trinajstić information content (AvgIpc) is 2.70. The maximum atomic E-state index is 11.8. The van der Waals surface area contributed by atoms with Gasteiger partial charge in [-0.25, -0.2) is 0 Å². The van der Waals surface area contributed by atoms with Gasteiger partial charge in [0.05, 0.1) is 12.7 Å². The van der Waals surface area contributed by atoms with E-state index in [0.29, 0.717) is 0 Å². The Hall–Kier alpha value is -1.19. The third-order valence-electron chi connectivity index (χ3n) is 2.02. The normalized spacial score (nSPS) is 15.7. The largest absolute Gasteiger partial charge is 0.411 e. The first kappa shape index (κ1) is 14.9. The molecule has 0 radical (unpaired) electrons. The standard InChI is InChI=1S/C9H14F3N3O3/c1-5(16)7(13)8-14-6(15-18-8)2-3-17-4-9(10,11)12/h5,7,16H,2-4,13H2,1H3. The maximum Gasteiger partial charge on any atom is 0.411 e. The van der Waals surface area contributed by atoms with Gasteiger partial charge in [-0.3, -0.25) is 0 Å². The number of aliphatic hydroxyl groups excluding tert-OH is 1. The molecule has 0 bridgehead atoms. The summed E-state index contributed by atoms with van der Waals surface area (Å²) in [4.78, 5) is 3.84. The van der Waals surface area contributed by atoms with Crippen LogP contribution in [0.2, 0.25) is 0 Å². The molecule has 1 aromatic rings. The van der Waals surface area contributed by atoms with Gasteiger partial charge >= 0.3 is 6.18 Å². The van der Waals surface area contributed by atoms with Crippen molar-refractivity contribution in [3.63, 3.8) is 0 Å². The molecule has 0 spiro atoms. The number of ether oxygens (including phenoxy) is 1. The highest BCUT2D eigenvalue weighted by Crippen LogP contribution is 2.15. The number of halogens is 3. The molecule has 104 valence electrons. The Labute approximate surface area is 101 Å². The summed E-state index contributed by atoms with van der Waals surface area (Å²) in [5.41, 5.74) is 5.54. The van der Waals surface area contributed by atoms with E-state index < -0.39 is 24.9 Å². The summed E-state index contributed by atoms with van der Waals surface area (Å²) in [5, 5.41) is 12.7. The van der Waals surface area contributed by atoms with Crippen molar-refractivity contribution in [2.75, 3.05) is 13.2 Å². The molecule has 0 aliphatic heterocycles. The number of hydrogen-bond donors (Lipinski definition) is 2. The lowest BCUT2D eigenvalue weighted by Crippen LogP contribution is -2.23. The van der Waals surface area contributed by atoms with Crippen LogP contribution in [0.4, 0.5) is 13.2 Å². The minimum absolute atomic E-state index is 0.0378. The molecule has 6 nitrogen and oxygen atoms in total. The van der Waals surface area contributed by atoms with Crippen LogP contribution in [0.5, 0.6) is 0 Å². The van der Waals surface area contributed by atoms with Crippen molar-refractivity contribution < 1.29 is 27.5 Å². The van der Waals surface area contributed by atoms with E-state index in [-0.39, 0.29) is 24.7 Å². The lowest BCUT2D eigenvalue weighted by Gasteiger charge is -2.08. The van der Waals surface area contributed by atoms with E-state index in [0.717, 1.165) is 0 Å². The fraction of sp³-hybridized carbons (Fsp3) is 0.778. The number of aromatic nitrogens is 2. The Balaban J connectivity index is 2.36. The molecule has 0 aromatic carbocycles. The summed E-state index contributed by atoms with van der Waals surface area (Å²) in [6.07, 6.45) is -5.14. The van der Waals surface area contributed by atoms with E-state index in [2.05, 4.69) is 14.9 Å². The zero-order chi connectivity index (χ0) is 13.8. The van der Waals surface area contributed by atoms with Crippen molar-refractivity contribution in [2.45, 2.75) is 31.7 Å². The van der Waals surface area contributed by atoms with Gasteiger partial charge in [-0.2, -0.15) is 18.2 Å². The number of rotatable bonds is 6. The predicted octanol–water partition coefficient (Wildman–Crippen LogP) is 0.572. The fourth-order valence-corrected chi connectivity index (χ4v) is 1.06. The molecule has 0 aliphatic rings. The summed E-state index contributed by atoms with van der Waals surface area (Å²) in [6.45, 7) is -0.0335. The van der Waals surface area contributed by atoms with E-state index in [1.54, 1.807) is 0 Å². The highest BCUT2D eigenvalue weighted by atomic mass is 19.4. The van der Waals surface area contributed by atoms with Crippen molar-refractivity contribution in [1.29, 1.82) is 0 Å². The van der Waals surface area contributed by atoms with E-state index in [4.69, 9.17) is 10.3 Å². The van der Waals surface area contributed by atoms with Crippen LogP contribution in [0.15, 0.2) is 4.52 Å². The van der Waals surface area contributed by atoms with Crippen LogP contribution < -0.4 is 5.73 Å². The van der Waals surface area contributed by atoms with Gasteiger partial charge in [-0.15, -0.1) is 0 Å². The molecule has 1 aromatic heterocycles. The lowest BCUT2D eigenvalue weighted by atomic mass is 10.2. The quantitative estimate of drug-likeness (QED) is 0.733. The van der Waals surface area contributed by atoms with Gasteiger partial charge in [0.25, 0.3) is 0 Å². The molecule has 0 saturated heterocycles. The topological polar surface area (TPSA) is 94.4 Å². The van der Waals surface area contributed by atoms with Crippen molar-refractivity contribution in [2.24, 2.45) is 5.73 Å². The van der Waals surface area contributed by atoms with E-state index in [1.165, 1.54) is 6.92 Å². The Bertz CT molecular complexity index is 367. The molecule has 0 fully saturated rings. The summed E-state index contributed by atoms with van der Waals surface area (Å²) in [7, 11) is 0. The fourth-order valence-electron chi connectivity index (χ4n) is 1.06. The van der Waals surface area contributed by atoms with Crippen molar-refractivity contribution in [3.05, 3.63) is 11.7 Å². The lowest BCUT2D eigenvalue weighted by molar-refractivity contribution is -0.173. The summed E-state index contributed by atoms with van der Waals surface area (Å²) < 4.78 is 44.4. The number of hydrogen-bond acceptors (Lipinski definition) is 6. The van der Waals surface area contributed by atoms with Gasteiger partial charge in [0.15, 0.2) is 5.82 Å². The van der Waals surface area contributed by atoms with Crippen LogP contribution in [-0.2, 0) is 11.2 Å². The third-order valence-corrected chi connectivity index (χ3v) is 2.02. The van der Waals surface area contributed by atoms with Gasteiger partial charge in [0.2, 0.25) is 5.89 Å².